The zero-order chi connectivity index (χ0) is 13.5. The standard InChI is InChI=1S/C14H21NO3/c1-3-4-14(18)15-10(2)9-13(17)11-5-7-12(16)8-6-11/h5-8,10,13,16-17H,3-4,9H2,1-2H3,(H,15,18). The van der Waals surface area contributed by atoms with Crippen molar-refractivity contribution in [3.8, 4) is 5.75 Å². The van der Waals surface area contributed by atoms with Crippen LogP contribution in [-0.2, 0) is 4.79 Å². The van der Waals surface area contributed by atoms with Crippen molar-refractivity contribution in [3.05, 3.63) is 29.8 Å². The Kier molecular flexibility index (Phi) is 5.65. The topological polar surface area (TPSA) is 69.6 Å². The summed E-state index contributed by atoms with van der Waals surface area (Å²) in [6.45, 7) is 3.83. The average Bonchev–Trinajstić information content (AvgIpc) is 2.29. The predicted octanol–water partition coefficient (Wildman–Crippen LogP) is 2.12. The third-order valence-electron chi connectivity index (χ3n) is 2.74. The molecule has 1 aromatic rings. The number of phenols is 1. The summed E-state index contributed by atoms with van der Waals surface area (Å²) in [7, 11) is 0. The van der Waals surface area contributed by atoms with Crippen LogP contribution < -0.4 is 5.32 Å². The summed E-state index contributed by atoms with van der Waals surface area (Å²) in [5.74, 6) is 0.193. The molecule has 0 fully saturated rings. The maximum absolute atomic E-state index is 11.4. The molecule has 0 spiro atoms. The van der Waals surface area contributed by atoms with Crippen molar-refractivity contribution in [3.63, 3.8) is 0 Å². The predicted molar refractivity (Wildman–Crippen MR) is 70.2 cm³/mol. The number of hydrogen-bond donors (Lipinski definition) is 3. The van der Waals surface area contributed by atoms with E-state index in [1.807, 2.05) is 13.8 Å². The lowest BCUT2D eigenvalue weighted by atomic mass is 10.0. The second-order valence-corrected chi connectivity index (χ2v) is 4.56. The number of hydrogen-bond acceptors (Lipinski definition) is 3. The zero-order valence-corrected chi connectivity index (χ0v) is 10.9. The van der Waals surface area contributed by atoms with E-state index in [2.05, 4.69) is 5.32 Å². The number of amides is 1. The molecule has 2 unspecified atom stereocenters. The lowest BCUT2D eigenvalue weighted by Gasteiger charge is -2.18. The molecule has 100 valence electrons. The normalized spacial score (nSPS) is 13.9. The SMILES string of the molecule is CCCC(=O)NC(C)CC(O)c1ccc(O)cc1. The van der Waals surface area contributed by atoms with Crippen LogP contribution in [0.3, 0.4) is 0 Å². The quantitative estimate of drug-likeness (QED) is 0.725. The van der Waals surface area contributed by atoms with Crippen molar-refractivity contribution in [1.29, 1.82) is 0 Å². The highest BCUT2D eigenvalue weighted by Gasteiger charge is 2.14. The Balaban J connectivity index is 2.46. The van der Waals surface area contributed by atoms with Gasteiger partial charge in [-0.3, -0.25) is 4.79 Å². The van der Waals surface area contributed by atoms with E-state index in [-0.39, 0.29) is 17.7 Å². The molecule has 0 bridgehead atoms. The highest BCUT2D eigenvalue weighted by molar-refractivity contribution is 5.76. The molecular weight excluding hydrogens is 230 g/mol. The van der Waals surface area contributed by atoms with Gasteiger partial charge in [0.25, 0.3) is 0 Å². The smallest absolute Gasteiger partial charge is 0.220 e. The van der Waals surface area contributed by atoms with Gasteiger partial charge < -0.3 is 15.5 Å². The largest absolute Gasteiger partial charge is 0.508 e. The van der Waals surface area contributed by atoms with E-state index in [0.29, 0.717) is 12.8 Å². The first-order valence-corrected chi connectivity index (χ1v) is 6.29. The van der Waals surface area contributed by atoms with Crippen molar-refractivity contribution in [2.45, 2.75) is 45.3 Å². The minimum Gasteiger partial charge on any atom is -0.508 e. The molecule has 0 aliphatic rings. The summed E-state index contributed by atoms with van der Waals surface area (Å²) in [4.78, 5) is 11.4. The molecule has 1 rings (SSSR count). The fraction of sp³-hybridized carbons (Fsp3) is 0.500. The summed E-state index contributed by atoms with van der Waals surface area (Å²) in [6.07, 6.45) is 1.15. The first kappa shape index (κ1) is 14.5. The summed E-state index contributed by atoms with van der Waals surface area (Å²) < 4.78 is 0. The minimum atomic E-state index is -0.637. The second-order valence-electron chi connectivity index (χ2n) is 4.56. The molecule has 0 aromatic heterocycles. The van der Waals surface area contributed by atoms with Crippen LogP contribution in [0.2, 0.25) is 0 Å². The summed E-state index contributed by atoms with van der Waals surface area (Å²) in [6, 6.07) is 6.37. The fourth-order valence-electron chi connectivity index (χ4n) is 1.80. The molecule has 18 heavy (non-hydrogen) atoms. The molecule has 1 amide bonds. The van der Waals surface area contributed by atoms with Gasteiger partial charge in [0.15, 0.2) is 0 Å². The maximum atomic E-state index is 11.4. The van der Waals surface area contributed by atoms with E-state index in [9.17, 15) is 9.90 Å². The number of carbonyl (C=O) groups is 1. The Labute approximate surface area is 108 Å². The number of aromatic hydroxyl groups is 1. The molecule has 0 saturated heterocycles. The van der Waals surface area contributed by atoms with Gasteiger partial charge in [-0.25, -0.2) is 0 Å². The lowest BCUT2D eigenvalue weighted by molar-refractivity contribution is -0.121. The van der Waals surface area contributed by atoms with Crippen molar-refractivity contribution in [2.75, 3.05) is 0 Å². The highest BCUT2D eigenvalue weighted by Crippen LogP contribution is 2.20. The number of nitrogens with one attached hydrogen (secondary N) is 1. The monoisotopic (exact) mass is 251 g/mol. The molecule has 4 nitrogen and oxygen atoms in total. The van der Waals surface area contributed by atoms with E-state index in [0.717, 1.165) is 12.0 Å². The number of phenolic OH excluding ortho intramolecular Hbond substituents is 1. The molecule has 0 heterocycles. The summed E-state index contributed by atoms with van der Waals surface area (Å²) >= 11 is 0. The van der Waals surface area contributed by atoms with E-state index >= 15 is 0 Å². The van der Waals surface area contributed by atoms with Gasteiger partial charge in [-0.1, -0.05) is 19.1 Å². The molecule has 0 aliphatic carbocycles. The zero-order valence-electron chi connectivity index (χ0n) is 10.9. The van der Waals surface area contributed by atoms with Crippen molar-refractivity contribution in [2.24, 2.45) is 0 Å². The molecule has 0 aliphatic heterocycles. The van der Waals surface area contributed by atoms with E-state index < -0.39 is 6.10 Å². The third kappa shape index (κ3) is 4.75. The Morgan fingerprint density at radius 3 is 2.50 bits per heavy atom. The number of aliphatic hydroxyl groups is 1. The van der Waals surface area contributed by atoms with Gasteiger partial charge in [0.05, 0.1) is 6.10 Å². The van der Waals surface area contributed by atoms with Gasteiger partial charge >= 0.3 is 0 Å². The van der Waals surface area contributed by atoms with Crippen LogP contribution in [0.15, 0.2) is 24.3 Å². The lowest BCUT2D eigenvalue weighted by Crippen LogP contribution is -2.33. The summed E-state index contributed by atoms with van der Waals surface area (Å²) in [5, 5.41) is 22.0. The second kappa shape index (κ2) is 7.01. The Hall–Kier alpha value is -1.55. The third-order valence-corrected chi connectivity index (χ3v) is 2.74. The van der Waals surface area contributed by atoms with Crippen LogP contribution in [0.25, 0.3) is 0 Å². The number of rotatable bonds is 6. The van der Waals surface area contributed by atoms with Crippen LogP contribution in [0.5, 0.6) is 5.75 Å². The summed E-state index contributed by atoms with van der Waals surface area (Å²) in [5.41, 5.74) is 0.740. The molecule has 0 radical (unpaired) electrons. The number of carbonyl (C=O) groups excluding carboxylic acids is 1. The van der Waals surface area contributed by atoms with Crippen LogP contribution in [-0.4, -0.2) is 22.2 Å². The molecular formula is C14H21NO3. The van der Waals surface area contributed by atoms with Gasteiger partial charge in [0, 0.05) is 12.5 Å². The van der Waals surface area contributed by atoms with Gasteiger partial charge in [-0.2, -0.15) is 0 Å². The van der Waals surface area contributed by atoms with Crippen LogP contribution in [0.1, 0.15) is 44.8 Å². The van der Waals surface area contributed by atoms with Crippen LogP contribution in [0.4, 0.5) is 0 Å². The van der Waals surface area contributed by atoms with E-state index in [1.54, 1.807) is 24.3 Å². The molecule has 1 aromatic carbocycles. The molecule has 0 saturated carbocycles. The number of benzene rings is 1. The highest BCUT2D eigenvalue weighted by atomic mass is 16.3. The van der Waals surface area contributed by atoms with Crippen molar-refractivity contribution in [1.82, 2.24) is 5.32 Å². The Bertz CT molecular complexity index is 375. The van der Waals surface area contributed by atoms with Gasteiger partial charge in [-0.05, 0) is 37.5 Å². The number of aliphatic hydroxyl groups excluding tert-OH is 1. The first-order chi connectivity index (χ1) is 8.52. The minimum absolute atomic E-state index is 0.0166. The maximum Gasteiger partial charge on any atom is 0.220 e. The van der Waals surface area contributed by atoms with E-state index in [4.69, 9.17) is 5.11 Å². The van der Waals surface area contributed by atoms with E-state index in [1.165, 1.54) is 0 Å². The average molecular weight is 251 g/mol. The van der Waals surface area contributed by atoms with Crippen molar-refractivity contribution >= 4 is 5.91 Å². The van der Waals surface area contributed by atoms with Gasteiger partial charge in [0.2, 0.25) is 5.91 Å². The van der Waals surface area contributed by atoms with Crippen LogP contribution in [0, 0.1) is 0 Å². The molecule has 2 atom stereocenters. The van der Waals surface area contributed by atoms with Crippen molar-refractivity contribution < 1.29 is 15.0 Å². The van der Waals surface area contributed by atoms with Crippen LogP contribution >= 0.6 is 0 Å². The molecule has 3 N–H and O–H groups in total. The first-order valence-electron chi connectivity index (χ1n) is 6.29. The Morgan fingerprint density at radius 1 is 1.33 bits per heavy atom. The van der Waals surface area contributed by atoms with Gasteiger partial charge in [0.1, 0.15) is 5.75 Å². The molecule has 4 heteroatoms. The fourth-order valence-corrected chi connectivity index (χ4v) is 1.80. The Morgan fingerprint density at radius 2 is 1.94 bits per heavy atom. The van der Waals surface area contributed by atoms with Gasteiger partial charge in [-0.15, -0.1) is 0 Å².